The van der Waals surface area contributed by atoms with E-state index in [1.165, 1.54) is 49.2 Å². The van der Waals surface area contributed by atoms with E-state index >= 15 is 0 Å². The van der Waals surface area contributed by atoms with Gasteiger partial charge >= 0.3 is 185 Å². The number of carbonyl (C=O) groups is 2. The van der Waals surface area contributed by atoms with Gasteiger partial charge in [0.15, 0.2) is 0 Å². The summed E-state index contributed by atoms with van der Waals surface area (Å²) in [4.78, 5) is 23.1. The topological polar surface area (TPSA) is 74.6 Å². The Bertz CT molecular complexity index is 369. The third-order valence-electron chi connectivity index (χ3n) is 4.17. The summed E-state index contributed by atoms with van der Waals surface area (Å²) in [6, 6.07) is 0. The second-order valence-electron chi connectivity index (χ2n) is 7.83. The first-order chi connectivity index (χ1) is 12.7. The van der Waals surface area contributed by atoms with Gasteiger partial charge in [-0.3, -0.25) is 0 Å². The second-order valence-corrected chi connectivity index (χ2v) is 16.9. The Morgan fingerprint density at radius 2 is 1.07 bits per heavy atom. The van der Waals surface area contributed by atoms with Gasteiger partial charge in [0.05, 0.1) is 0 Å². The van der Waals surface area contributed by atoms with Gasteiger partial charge in [0.1, 0.15) is 0 Å². The molecule has 0 aliphatic carbocycles. The summed E-state index contributed by atoms with van der Waals surface area (Å²) in [5.74, 6) is 1.49. The number of thioether (sulfide) groups is 2. The number of rotatable bonds is 18. The molecule has 0 aromatic carbocycles. The standard InChI is InChI=1S/2C10H19O2S.Sn/c2*1-9(2)6-4-3-5-7-13-8-10(11)12;/h2*8-9H,3-7H2,1-2H3,(H,11,12);. The molecule has 7 heteroatoms. The third kappa shape index (κ3) is 17.0. The van der Waals surface area contributed by atoms with E-state index in [1.807, 2.05) is 0 Å². The summed E-state index contributed by atoms with van der Waals surface area (Å²) < 4.78 is -0.901. The fourth-order valence-electron chi connectivity index (χ4n) is 2.58. The van der Waals surface area contributed by atoms with E-state index in [2.05, 4.69) is 27.7 Å². The summed E-state index contributed by atoms with van der Waals surface area (Å²) >= 11 is 1.41. The molecule has 0 saturated heterocycles. The fourth-order valence-corrected chi connectivity index (χ4v) is 11.9. The molecule has 2 atom stereocenters. The van der Waals surface area contributed by atoms with E-state index < -0.39 is 39.6 Å². The molecule has 0 aliphatic heterocycles. The molecule has 0 rings (SSSR count). The summed E-state index contributed by atoms with van der Waals surface area (Å²) in [7, 11) is 0. The van der Waals surface area contributed by atoms with Crippen molar-refractivity contribution in [2.45, 2.75) is 85.6 Å². The first-order valence-corrected chi connectivity index (χ1v) is 15.6. The molecule has 0 aromatic rings. The Hall–Kier alpha value is 0.439. The van der Waals surface area contributed by atoms with Crippen LogP contribution in [-0.4, -0.2) is 61.3 Å². The average Bonchev–Trinajstić information content (AvgIpc) is 2.56. The molecular weight excluding hydrogens is 487 g/mol. The van der Waals surface area contributed by atoms with E-state index in [9.17, 15) is 19.8 Å². The van der Waals surface area contributed by atoms with Crippen LogP contribution in [0.1, 0.15) is 79.1 Å². The van der Waals surface area contributed by atoms with Gasteiger partial charge in [-0.2, -0.15) is 0 Å². The Morgan fingerprint density at radius 1 is 0.704 bits per heavy atom. The van der Waals surface area contributed by atoms with Gasteiger partial charge in [0.2, 0.25) is 0 Å². The summed E-state index contributed by atoms with van der Waals surface area (Å²) in [5, 5.41) is 19.0. The van der Waals surface area contributed by atoms with E-state index in [0.29, 0.717) is 0 Å². The van der Waals surface area contributed by atoms with Crippen LogP contribution < -0.4 is 0 Å². The Labute approximate surface area is 184 Å². The van der Waals surface area contributed by atoms with Crippen molar-refractivity contribution < 1.29 is 19.8 Å². The molecule has 2 N–H and O–H groups in total. The molecule has 0 spiro atoms. The van der Waals surface area contributed by atoms with Gasteiger partial charge in [-0.15, -0.1) is 0 Å². The Kier molecular flexibility index (Phi) is 17.6. The van der Waals surface area contributed by atoms with E-state index in [1.54, 1.807) is 0 Å². The van der Waals surface area contributed by atoms with Gasteiger partial charge in [0.25, 0.3) is 0 Å². The predicted molar refractivity (Wildman–Crippen MR) is 120 cm³/mol. The number of hydrogen-bond donors (Lipinski definition) is 2. The van der Waals surface area contributed by atoms with Gasteiger partial charge in [-0.25, -0.2) is 0 Å². The third-order valence-corrected chi connectivity index (χ3v) is 14.1. The first-order valence-electron chi connectivity index (χ1n) is 10.2. The van der Waals surface area contributed by atoms with Gasteiger partial charge in [0, 0.05) is 0 Å². The van der Waals surface area contributed by atoms with Crippen LogP contribution in [0.4, 0.5) is 0 Å². The maximum absolute atomic E-state index is 11.6. The molecule has 158 valence electrons. The molecule has 4 nitrogen and oxygen atoms in total. The SMILES string of the molecule is CC(C)CCCCCS[CH]([Sn][CH](SCCCCCC(C)C)C(=O)O)C(=O)O. The maximum atomic E-state index is 11.6. The zero-order chi connectivity index (χ0) is 20.7. The van der Waals surface area contributed by atoms with Crippen molar-refractivity contribution in [3.8, 4) is 0 Å². The van der Waals surface area contributed by atoms with Crippen molar-refractivity contribution in [1.29, 1.82) is 0 Å². The molecule has 0 aromatic heterocycles. The zero-order valence-electron chi connectivity index (χ0n) is 17.4. The monoisotopic (exact) mass is 526 g/mol. The zero-order valence-corrected chi connectivity index (χ0v) is 21.9. The number of carboxylic acid groups (broad SMARTS) is 2. The predicted octanol–water partition coefficient (Wildman–Crippen LogP) is 5.41. The van der Waals surface area contributed by atoms with Crippen LogP contribution in [0.25, 0.3) is 0 Å². The van der Waals surface area contributed by atoms with Crippen molar-refractivity contribution in [2.24, 2.45) is 11.8 Å². The van der Waals surface area contributed by atoms with Gasteiger partial charge in [-0.1, -0.05) is 0 Å². The molecule has 0 aliphatic rings. The molecular formula is C20H38O4S2Sn. The van der Waals surface area contributed by atoms with Crippen LogP contribution in [0, 0.1) is 11.8 Å². The normalized spacial score (nSPS) is 13.9. The van der Waals surface area contributed by atoms with Crippen LogP contribution in [0.15, 0.2) is 0 Å². The molecule has 0 bridgehead atoms. The molecule has 0 saturated carbocycles. The average molecular weight is 525 g/mol. The molecule has 0 amide bonds. The minimum atomic E-state index is -1.56. The summed E-state index contributed by atoms with van der Waals surface area (Å²) in [6.07, 6.45) is 9.16. The Balaban J connectivity index is 4.15. The van der Waals surface area contributed by atoms with E-state index in [-0.39, 0.29) is 0 Å². The van der Waals surface area contributed by atoms with Gasteiger partial charge in [-0.05, 0) is 0 Å². The van der Waals surface area contributed by atoms with Gasteiger partial charge < -0.3 is 0 Å². The van der Waals surface area contributed by atoms with E-state index in [4.69, 9.17) is 0 Å². The quantitative estimate of drug-likeness (QED) is 0.184. The van der Waals surface area contributed by atoms with Crippen molar-refractivity contribution in [3.05, 3.63) is 0 Å². The van der Waals surface area contributed by atoms with Crippen molar-refractivity contribution in [1.82, 2.24) is 0 Å². The number of carboxylic acids is 2. The van der Waals surface area contributed by atoms with Crippen LogP contribution in [0.2, 0.25) is 0 Å². The van der Waals surface area contributed by atoms with Crippen molar-refractivity contribution >= 4 is 56.6 Å². The first kappa shape index (κ1) is 27.4. The van der Waals surface area contributed by atoms with Crippen molar-refractivity contribution in [2.75, 3.05) is 11.5 Å². The van der Waals surface area contributed by atoms with Crippen LogP contribution in [-0.2, 0) is 9.59 Å². The van der Waals surface area contributed by atoms with Crippen LogP contribution in [0.3, 0.4) is 0 Å². The summed E-state index contributed by atoms with van der Waals surface area (Å²) in [6.45, 7) is 8.87. The molecule has 2 radical (unpaired) electrons. The Morgan fingerprint density at radius 3 is 1.37 bits per heavy atom. The number of aliphatic carboxylic acids is 2. The summed E-state index contributed by atoms with van der Waals surface area (Å²) in [5.41, 5.74) is 0. The molecule has 0 heterocycles. The fraction of sp³-hybridized carbons (Fsp3) is 0.900. The van der Waals surface area contributed by atoms with Crippen molar-refractivity contribution in [3.63, 3.8) is 0 Å². The van der Waals surface area contributed by atoms with E-state index in [0.717, 1.165) is 49.0 Å². The van der Waals surface area contributed by atoms with Crippen LogP contribution in [0.5, 0.6) is 0 Å². The molecule has 0 fully saturated rings. The molecule has 27 heavy (non-hydrogen) atoms. The number of hydrogen-bond acceptors (Lipinski definition) is 4. The second kappa shape index (κ2) is 17.3. The minimum absolute atomic E-state index is 0.451. The van der Waals surface area contributed by atoms with Crippen LogP contribution >= 0.6 is 23.5 Å². The molecule has 2 unspecified atom stereocenters. The number of unbranched alkanes of at least 4 members (excludes halogenated alkanes) is 4.